The third-order valence-electron chi connectivity index (χ3n) is 3.76. The second-order valence-corrected chi connectivity index (χ2v) is 6.17. The monoisotopic (exact) mass is 323 g/mol. The Balaban J connectivity index is 2.05. The van der Waals surface area contributed by atoms with Crippen LogP contribution in [-0.2, 0) is 0 Å². The normalized spacial score (nSPS) is 11.2. The molecule has 114 valence electrons. The Bertz CT molecular complexity index is 1100. The number of methoxy groups -OCH3 is 1. The number of nitrogen functional groups attached to an aromatic ring is 1. The Morgan fingerprint density at radius 1 is 1.22 bits per heavy atom. The molecule has 6 heteroatoms. The van der Waals surface area contributed by atoms with Crippen molar-refractivity contribution in [3.05, 3.63) is 52.7 Å². The van der Waals surface area contributed by atoms with E-state index in [2.05, 4.69) is 9.97 Å². The molecule has 0 fully saturated rings. The fourth-order valence-electron chi connectivity index (χ4n) is 2.75. The van der Waals surface area contributed by atoms with Crippen LogP contribution in [0.1, 0.15) is 0 Å². The van der Waals surface area contributed by atoms with Gasteiger partial charge in [-0.05, 0) is 24.3 Å². The molecule has 4 rings (SSSR count). The number of nitrogens with two attached hydrogens (primary N) is 1. The van der Waals surface area contributed by atoms with Gasteiger partial charge in [-0.2, -0.15) is 0 Å². The first-order valence-corrected chi connectivity index (χ1v) is 7.84. The van der Waals surface area contributed by atoms with Crippen molar-refractivity contribution >= 4 is 37.6 Å². The molecule has 0 saturated carbocycles. The lowest BCUT2D eigenvalue weighted by molar-refractivity contribution is 0.416. The van der Waals surface area contributed by atoms with Gasteiger partial charge in [0.1, 0.15) is 5.75 Å². The zero-order chi connectivity index (χ0) is 16.0. The van der Waals surface area contributed by atoms with Gasteiger partial charge in [0.25, 0.3) is 0 Å². The summed E-state index contributed by atoms with van der Waals surface area (Å²) in [7, 11) is 1.61. The van der Waals surface area contributed by atoms with Gasteiger partial charge >= 0.3 is 0 Å². The number of pyridine rings is 1. The van der Waals surface area contributed by atoms with Gasteiger partial charge in [0.15, 0.2) is 10.6 Å². The van der Waals surface area contributed by atoms with Crippen molar-refractivity contribution in [2.75, 3.05) is 12.8 Å². The highest BCUT2D eigenvalue weighted by Crippen LogP contribution is 2.32. The number of anilines is 1. The number of H-pyrrole nitrogens is 1. The van der Waals surface area contributed by atoms with E-state index in [-0.39, 0.29) is 5.43 Å². The molecule has 4 aromatic rings. The molecule has 0 unspecified atom stereocenters. The van der Waals surface area contributed by atoms with Crippen LogP contribution in [0, 0.1) is 0 Å². The molecule has 0 radical (unpaired) electrons. The van der Waals surface area contributed by atoms with Crippen LogP contribution in [0.15, 0.2) is 47.3 Å². The molecule has 2 aromatic carbocycles. The zero-order valence-electron chi connectivity index (χ0n) is 12.3. The molecule has 23 heavy (non-hydrogen) atoms. The van der Waals surface area contributed by atoms with Gasteiger partial charge in [-0.25, -0.2) is 4.98 Å². The predicted molar refractivity (Wildman–Crippen MR) is 94.1 cm³/mol. The fourth-order valence-corrected chi connectivity index (χ4v) is 3.64. The number of nitrogens with zero attached hydrogens (tertiary/aromatic N) is 1. The summed E-state index contributed by atoms with van der Waals surface area (Å²) in [6.45, 7) is 0. The predicted octanol–water partition coefficient (Wildman–Crippen LogP) is 3.40. The summed E-state index contributed by atoms with van der Waals surface area (Å²) in [6, 6.07) is 12.9. The van der Waals surface area contributed by atoms with E-state index in [4.69, 9.17) is 10.5 Å². The minimum atomic E-state index is -0.0612. The zero-order valence-corrected chi connectivity index (χ0v) is 13.1. The molecule has 0 spiro atoms. The Morgan fingerprint density at radius 3 is 2.87 bits per heavy atom. The van der Waals surface area contributed by atoms with Crippen molar-refractivity contribution in [1.82, 2.24) is 9.97 Å². The first-order chi connectivity index (χ1) is 11.2. The first kappa shape index (κ1) is 13.8. The van der Waals surface area contributed by atoms with Crippen molar-refractivity contribution in [1.29, 1.82) is 0 Å². The number of fused-ring (bicyclic) bond motifs is 3. The summed E-state index contributed by atoms with van der Waals surface area (Å²) < 4.78 is 6.19. The molecule has 2 heterocycles. The van der Waals surface area contributed by atoms with E-state index in [1.165, 1.54) is 11.3 Å². The van der Waals surface area contributed by atoms with E-state index < -0.39 is 0 Å². The number of nitrogens with one attached hydrogen (secondary N) is 1. The molecule has 0 aliphatic carbocycles. The van der Waals surface area contributed by atoms with Crippen LogP contribution in [0.4, 0.5) is 5.13 Å². The number of aromatic nitrogens is 2. The summed E-state index contributed by atoms with van der Waals surface area (Å²) in [6.07, 6.45) is 0. The number of aromatic amines is 1. The lowest BCUT2D eigenvalue weighted by Gasteiger charge is -2.09. The molecule has 0 saturated heterocycles. The van der Waals surface area contributed by atoms with Gasteiger partial charge in [-0.15, -0.1) is 0 Å². The minimum Gasteiger partial charge on any atom is -0.496 e. The molecular formula is C17H13N3O2S. The van der Waals surface area contributed by atoms with E-state index in [0.717, 1.165) is 27.0 Å². The third-order valence-corrected chi connectivity index (χ3v) is 4.68. The molecule has 2 aromatic heterocycles. The van der Waals surface area contributed by atoms with Crippen molar-refractivity contribution in [3.63, 3.8) is 0 Å². The molecule has 5 nitrogen and oxygen atoms in total. The van der Waals surface area contributed by atoms with Gasteiger partial charge in [-0.3, -0.25) is 4.79 Å². The van der Waals surface area contributed by atoms with E-state index in [0.29, 0.717) is 16.3 Å². The number of para-hydroxylation sites is 1. The van der Waals surface area contributed by atoms with Gasteiger partial charge in [-0.1, -0.05) is 23.5 Å². The van der Waals surface area contributed by atoms with Crippen LogP contribution >= 0.6 is 11.3 Å². The first-order valence-electron chi connectivity index (χ1n) is 7.03. The summed E-state index contributed by atoms with van der Waals surface area (Å²) in [5.41, 5.74) is 8.78. The van der Waals surface area contributed by atoms with Gasteiger partial charge < -0.3 is 15.5 Å². The second kappa shape index (κ2) is 5.10. The highest BCUT2D eigenvalue weighted by Gasteiger charge is 2.12. The lowest BCUT2D eigenvalue weighted by Crippen LogP contribution is -2.03. The molecule has 0 atom stereocenters. The third kappa shape index (κ3) is 2.15. The van der Waals surface area contributed by atoms with Crippen molar-refractivity contribution in [2.45, 2.75) is 0 Å². The average Bonchev–Trinajstić information content (AvgIpc) is 2.94. The van der Waals surface area contributed by atoms with Crippen LogP contribution in [0.5, 0.6) is 5.75 Å². The summed E-state index contributed by atoms with van der Waals surface area (Å²) in [5.74, 6) is 0.714. The summed E-state index contributed by atoms with van der Waals surface area (Å²) >= 11 is 1.33. The van der Waals surface area contributed by atoms with E-state index in [1.807, 2.05) is 36.4 Å². The number of rotatable bonds is 2. The highest BCUT2D eigenvalue weighted by atomic mass is 32.1. The fraction of sp³-hybridized carbons (Fsp3) is 0.0588. The summed E-state index contributed by atoms with van der Waals surface area (Å²) in [4.78, 5) is 20.2. The smallest absolute Gasteiger partial charge is 0.191 e. The quantitative estimate of drug-likeness (QED) is 0.592. The van der Waals surface area contributed by atoms with Gasteiger partial charge in [0.05, 0.1) is 33.9 Å². The van der Waals surface area contributed by atoms with Crippen molar-refractivity contribution in [2.24, 2.45) is 0 Å². The molecular weight excluding hydrogens is 310 g/mol. The highest BCUT2D eigenvalue weighted by molar-refractivity contribution is 7.23. The number of thiazole rings is 1. The Kier molecular flexibility index (Phi) is 3.06. The minimum absolute atomic E-state index is 0.0612. The molecule has 3 N–H and O–H groups in total. The van der Waals surface area contributed by atoms with E-state index in [1.54, 1.807) is 13.2 Å². The Hall–Kier alpha value is -2.86. The van der Waals surface area contributed by atoms with Gasteiger partial charge in [0, 0.05) is 11.6 Å². The Labute approximate surface area is 135 Å². The molecule has 0 aliphatic rings. The molecule has 0 amide bonds. The van der Waals surface area contributed by atoms with Crippen LogP contribution in [0.25, 0.3) is 32.4 Å². The number of hydrogen-bond acceptors (Lipinski definition) is 5. The Morgan fingerprint density at radius 2 is 2.04 bits per heavy atom. The van der Waals surface area contributed by atoms with Crippen LogP contribution in [-0.4, -0.2) is 17.1 Å². The van der Waals surface area contributed by atoms with E-state index >= 15 is 0 Å². The number of benzene rings is 2. The number of hydrogen-bond donors (Lipinski definition) is 2. The largest absolute Gasteiger partial charge is 0.496 e. The van der Waals surface area contributed by atoms with Crippen molar-refractivity contribution in [3.8, 4) is 17.0 Å². The standard InChI is InChI=1S/C17H13N3O2S/c1-22-14-5-3-2-4-9(14)12-8-13(21)15-10(19-12)6-7-11-16(15)23-17(18)20-11/h2-8H,1H3,(H2,18,20)(H,19,21). The van der Waals surface area contributed by atoms with Crippen LogP contribution in [0.2, 0.25) is 0 Å². The SMILES string of the molecule is COc1ccccc1-c1cc(=O)c2c(ccc3nc(N)sc32)[nH]1. The summed E-state index contributed by atoms with van der Waals surface area (Å²) in [5, 5.41) is 1.08. The average molecular weight is 323 g/mol. The topological polar surface area (TPSA) is 81.0 Å². The maximum Gasteiger partial charge on any atom is 0.191 e. The lowest BCUT2D eigenvalue weighted by atomic mass is 10.1. The van der Waals surface area contributed by atoms with Gasteiger partial charge in [0.2, 0.25) is 0 Å². The molecule has 0 aliphatic heterocycles. The number of ether oxygens (including phenoxy) is 1. The maximum absolute atomic E-state index is 12.7. The second-order valence-electron chi connectivity index (χ2n) is 5.14. The van der Waals surface area contributed by atoms with E-state index in [9.17, 15) is 4.79 Å². The van der Waals surface area contributed by atoms with Crippen LogP contribution in [0.3, 0.4) is 0 Å². The molecule has 0 bridgehead atoms. The maximum atomic E-state index is 12.7. The van der Waals surface area contributed by atoms with Crippen LogP contribution < -0.4 is 15.9 Å². The van der Waals surface area contributed by atoms with Crippen molar-refractivity contribution < 1.29 is 4.74 Å².